The van der Waals surface area contributed by atoms with E-state index in [1.54, 1.807) is 81.0 Å². The Hall–Kier alpha value is -4.46. The number of amides is 2. The molecule has 0 aliphatic carbocycles. The van der Waals surface area contributed by atoms with Gasteiger partial charge in [0.15, 0.2) is 0 Å². The number of rotatable bonds is 5. The molecule has 1 atom stereocenters. The molecule has 1 aromatic heterocycles. The number of hydrogen-bond donors (Lipinski definition) is 2. The summed E-state index contributed by atoms with van der Waals surface area (Å²) in [4.78, 5) is 43.2. The van der Waals surface area contributed by atoms with Gasteiger partial charge in [0.05, 0.1) is 18.7 Å². The van der Waals surface area contributed by atoms with Crippen LogP contribution in [0.4, 0.5) is 11.4 Å². The Morgan fingerprint density at radius 3 is 2.44 bits per heavy atom. The molecule has 0 bridgehead atoms. The maximum absolute atomic E-state index is 13.2. The second-order valence-electron chi connectivity index (χ2n) is 7.86. The van der Waals surface area contributed by atoms with E-state index in [4.69, 9.17) is 4.74 Å². The summed E-state index contributed by atoms with van der Waals surface area (Å²) in [6, 6.07) is 14.2. The van der Waals surface area contributed by atoms with Gasteiger partial charge >= 0.3 is 0 Å². The first-order valence-electron chi connectivity index (χ1n) is 10.6. The van der Waals surface area contributed by atoms with Gasteiger partial charge < -0.3 is 15.2 Å². The van der Waals surface area contributed by atoms with Crippen LogP contribution in [0.2, 0.25) is 0 Å². The first-order chi connectivity index (χ1) is 16.3. The largest absolute Gasteiger partial charge is 0.507 e. The summed E-state index contributed by atoms with van der Waals surface area (Å²) in [7, 11) is 1.54. The van der Waals surface area contributed by atoms with E-state index in [1.165, 1.54) is 11.8 Å². The monoisotopic (exact) mass is 457 g/mol. The van der Waals surface area contributed by atoms with Crippen LogP contribution in [0.3, 0.4) is 0 Å². The van der Waals surface area contributed by atoms with Gasteiger partial charge in [0, 0.05) is 36.3 Å². The number of carbonyl (C=O) groups is 3. The van der Waals surface area contributed by atoms with Gasteiger partial charge in [-0.2, -0.15) is 0 Å². The van der Waals surface area contributed by atoms with E-state index < -0.39 is 17.7 Å². The topological polar surface area (TPSA) is 109 Å². The Balaban J connectivity index is 1.87. The molecule has 1 fully saturated rings. The third-order valence-electron chi connectivity index (χ3n) is 5.60. The molecule has 34 heavy (non-hydrogen) atoms. The Kier molecular flexibility index (Phi) is 6.14. The summed E-state index contributed by atoms with van der Waals surface area (Å²) in [5.74, 6) is -1.46. The van der Waals surface area contributed by atoms with Gasteiger partial charge in [-0.05, 0) is 66.6 Å². The molecule has 4 rings (SSSR count). The Bertz CT molecular complexity index is 1300. The predicted molar refractivity (Wildman–Crippen MR) is 127 cm³/mol. The van der Waals surface area contributed by atoms with Crippen molar-refractivity contribution in [2.24, 2.45) is 0 Å². The number of aryl methyl sites for hydroxylation is 1. The highest BCUT2D eigenvalue weighted by molar-refractivity contribution is 6.51. The number of Topliss-reactive ketones (excluding diaryl/α,β-unsaturated/α-hetero) is 1. The number of anilines is 2. The van der Waals surface area contributed by atoms with E-state index in [1.807, 2.05) is 0 Å². The van der Waals surface area contributed by atoms with E-state index in [2.05, 4.69) is 10.3 Å². The summed E-state index contributed by atoms with van der Waals surface area (Å²) >= 11 is 0. The quantitative estimate of drug-likeness (QED) is 0.341. The maximum Gasteiger partial charge on any atom is 0.300 e. The van der Waals surface area contributed by atoms with Crippen molar-refractivity contribution < 1.29 is 24.2 Å². The highest BCUT2D eigenvalue weighted by Gasteiger charge is 2.47. The molecule has 3 aromatic rings. The van der Waals surface area contributed by atoms with Gasteiger partial charge in [0.2, 0.25) is 5.91 Å². The number of aliphatic hydroxyl groups excluding tert-OH is 1. The number of nitrogens with zero attached hydrogens (tertiary/aromatic N) is 2. The van der Waals surface area contributed by atoms with Gasteiger partial charge in [-0.3, -0.25) is 24.3 Å². The summed E-state index contributed by atoms with van der Waals surface area (Å²) in [5, 5.41) is 13.9. The molecule has 1 aliphatic rings. The number of benzene rings is 2. The zero-order valence-corrected chi connectivity index (χ0v) is 18.9. The van der Waals surface area contributed by atoms with E-state index in [-0.39, 0.29) is 17.2 Å². The maximum atomic E-state index is 13.2. The SMILES string of the molecule is COc1ccc(/C(O)=C2/C(=O)C(=O)N(c3ccc(NC(C)=O)cc3)C2c2cccnc2)c(C)c1. The first kappa shape index (κ1) is 22.7. The van der Waals surface area contributed by atoms with Crippen molar-refractivity contribution in [3.8, 4) is 5.75 Å². The Labute approximate surface area is 196 Å². The number of pyridine rings is 1. The molecule has 1 aliphatic heterocycles. The molecule has 2 heterocycles. The number of methoxy groups -OCH3 is 1. The number of aromatic nitrogens is 1. The third kappa shape index (κ3) is 4.13. The van der Waals surface area contributed by atoms with E-state index in [0.717, 1.165) is 0 Å². The minimum atomic E-state index is -0.887. The minimum absolute atomic E-state index is 0.0304. The Morgan fingerprint density at radius 1 is 1.12 bits per heavy atom. The lowest BCUT2D eigenvalue weighted by atomic mass is 9.94. The van der Waals surface area contributed by atoms with Crippen LogP contribution in [0.1, 0.15) is 29.7 Å². The Morgan fingerprint density at radius 2 is 1.85 bits per heavy atom. The molecule has 1 unspecified atom stereocenters. The fraction of sp³-hybridized carbons (Fsp3) is 0.154. The average molecular weight is 457 g/mol. The number of aliphatic hydroxyl groups is 1. The van der Waals surface area contributed by atoms with Crippen molar-refractivity contribution in [3.63, 3.8) is 0 Å². The highest BCUT2D eigenvalue weighted by atomic mass is 16.5. The van der Waals surface area contributed by atoms with Crippen molar-refractivity contribution >= 4 is 34.7 Å². The van der Waals surface area contributed by atoms with Crippen LogP contribution in [-0.4, -0.2) is 34.8 Å². The van der Waals surface area contributed by atoms with Crippen molar-refractivity contribution in [3.05, 3.63) is 89.3 Å². The van der Waals surface area contributed by atoms with Crippen LogP contribution in [-0.2, 0) is 14.4 Å². The lowest BCUT2D eigenvalue weighted by molar-refractivity contribution is -0.132. The highest BCUT2D eigenvalue weighted by Crippen LogP contribution is 2.42. The molecular formula is C26H23N3O5. The number of ketones is 1. The predicted octanol–water partition coefficient (Wildman–Crippen LogP) is 3.98. The number of carbonyl (C=O) groups excluding carboxylic acids is 3. The summed E-state index contributed by atoms with van der Waals surface area (Å²) < 4.78 is 5.23. The fourth-order valence-electron chi connectivity index (χ4n) is 4.03. The van der Waals surface area contributed by atoms with E-state index in [0.29, 0.717) is 33.8 Å². The van der Waals surface area contributed by atoms with Gasteiger partial charge in [0.1, 0.15) is 11.5 Å². The van der Waals surface area contributed by atoms with Crippen LogP contribution in [0.5, 0.6) is 5.75 Å². The molecule has 0 radical (unpaired) electrons. The molecule has 172 valence electrons. The zero-order valence-electron chi connectivity index (χ0n) is 18.9. The summed E-state index contributed by atoms with van der Waals surface area (Å²) in [6.07, 6.45) is 3.15. The standard InChI is InChI=1S/C26H23N3O5/c1-15-13-20(34-3)10-11-21(15)24(31)22-23(17-5-4-12-27-14-17)29(26(33)25(22)32)19-8-6-18(7-9-19)28-16(2)30/h4-14,23,31H,1-3H3,(H,28,30)/b24-22-. The van der Waals surface area contributed by atoms with Gasteiger partial charge in [0.25, 0.3) is 11.7 Å². The van der Waals surface area contributed by atoms with Crippen molar-refractivity contribution in [2.45, 2.75) is 19.9 Å². The lowest BCUT2D eigenvalue weighted by Crippen LogP contribution is -2.29. The molecule has 2 aromatic carbocycles. The number of ether oxygens (including phenoxy) is 1. The molecule has 0 spiro atoms. The normalized spacial score (nSPS) is 17.0. The van der Waals surface area contributed by atoms with Crippen molar-refractivity contribution in [2.75, 3.05) is 17.3 Å². The zero-order chi connectivity index (χ0) is 24.4. The van der Waals surface area contributed by atoms with Gasteiger partial charge in [-0.15, -0.1) is 0 Å². The number of nitrogens with one attached hydrogen (secondary N) is 1. The van der Waals surface area contributed by atoms with Gasteiger partial charge in [-0.25, -0.2) is 0 Å². The second-order valence-corrected chi connectivity index (χ2v) is 7.86. The van der Waals surface area contributed by atoms with Crippen molar-refractivity contribution in [1.82, 2.24) is 4.98 Å². The van der Waals surface area contributed by atoms with Gasteiger partial charge in [-0.1, -0.05) is 6.07 Å². The van der Waals surface area contributed by atoms with E-state index in [9.17, 15) is 19.5 Å². The van der Waals surface area contributed by atoms with Crippen LogP contribution >= 0.6 is 0 Å². The van der Waals surface area contributed by atoms with Crippen molar-refractivity contribution in [1.29, 1.82) is 0 Å². The van der Waals surface area contributed by atoms with Crippen LogP contribution in [0, 0.1) is 6.92 Å². The van der Waals surface area contributed by atoms with Crippen LogP contribution < -0.4 is 15.0 Å². The first-order valence-corrected chi connectivity index (χ1v) is 10.6. The van der Waals surface area contributed by atoms with E-state index >= 15 is 0 Å². The molecule has 2 amide bonds. The molecule has 8 nitrogen and oxygen atoms in total. The smallest absolute Gasteiger partial charge is 0.300 e. The summed E-state index contributed by atoms with van der Waals surface area (Å²) in [6.45, 7) is 3.18. The minimum Gasteiger partial charge on any atom is -0.507 e. The lowest BCUT2D eigenvalue weighted by Gasteiger charge is -2.25. The molecular weight excluding hydrogens is 434 g/mol. The molecule has 1 saturated heterocycles. The second kappa shape index (κ2) is 9.19. The fourth-order valence-corrected chi connectivity index (χ4v) is 4.03. The van der Waals surface area contributed by atoms with Crippen LogP contribution in [0.25, 0.3) is 5.76 Å². The molecule has 2 N–H and O–H groups in total. The molecule has 8 heteroatoms. The third-order valence-corrected chi connectivity index (χ3v) is 5.60. The number of hydrogen-bond acceptors (Lipinski definition) is 6. The summed E-state index contributed by atoms with van der Waals surface area (Å²) in [5.41, 5.74) is 2.65. The van der Waals surface area contributed by atoms with Crippen LogP contribution in [0.15, 0.2) is 72.6 Å². The molecule has 0 saturated carbocycles. The average Bonchev–Trinajstić information content (AvgIpc) is 3.09.